The molecule has 1 amide bonds. The number of fused-ring (bicyclic) bond motifs is 1. The Morgan fingerprint density at radius 3 is 2.80 bits per heavy atom. The Hall–Kier alpha value is -2.82. The van der Waals surface area contributed by atoms with Crippen molar-refractivity contribution in [2.45, 2.75) is 0 Å². The summed E-state index contributed by atoms with van der Waals surface area (Å²) < 4.78 is 7.11. The highest BCUT2D eigenvalue weighted by Gasteiger charge is 2.11. The molecule has 0 atom stereocenters. The van der Waals surface area contributed by atoms with E-state index in [-0.39, 0.29) is 0 Å². The van der Waals surface area contributed by atoms with E-state index in [4.69, 9.17) is 10.5 Å². The van der Waals surface area contributed by atoms with Crippen LogP contribution in [0.15, 0.2) is 48.8 Å². The number of carbonyl (C=O) groups excluding carboxylic acids is 1. The average Bonchev–Trinajstić information content (AvgIpc) is 2.91. The van der Waals surface area contributed by atoms with Crippen molar-refractivity contribution >= 4 is 16.9 Å². The van der Waals surface area contributed by atoms with Crippen LogP contribution in [-0.2, 0) is 0 Å². The molecule has 0 aliphatic carbocycles. The standard InChI is InChI=1S/C15H13N3O2/c1-20-11-5-2-4-10(8-11)18-9-17-14-12(15(16)19)6-3-7-13(14)18/h2-9H,1H3,(H2,16,19). The van der Waals surface area contributed by atoms with Gasteiger partial charge in [-0.1, -0.05) is 12.1 Å². The molecule has 0 radical (unpaired) electrons. The number of hydrogen-bond donors (Lipinski definition) is 1. The van der Waals surface area contributed by atoms with E-state index in [2.05, 4.69) is 4.98 Å². The monoisotopic (exact) mass is 267 g/mol. The SMILES string of the molecule is COc1cccc(-n2cnc3c(C(N)=O)cccc32)c1. The van der Waals surface area contributed by atoms with Gasteiger partial charge in [-0.2, -0.15) is 0 Å². The Labute approximate surface area is 115 Å². The molecule has 0 saturated carbocycles. The highest BCUT2D eigenvalue weighted by molar-refractivity contribution is 6.04. The molecule has 1 aromatic heterocycles. The maximum Gasteiger partial charge on any atom is 0.250 e. The van der Waals surface area contributed by atoms with Gasteiger partial charge in [-0.3, -0.25) is 9.36 Å². The van der Waals surface area contributed by atoms with Crippen molar-refractivity contribution in [1.82, 2.24) is 9.55 Å². The Morgan fingerprint density at radius 2 is 2.05 bits per heavy atom. The molecule has 100 valence electrons. The van der Waals surface area contributed by atoms with Crippen LogP contribution in [0.2, 0.25) is 0 Å². The number of ether oxygens (including phenoxy) is 1. The third-order valence-electron chi connectivity index (χ3n) is 3.17. The molecule has 20 heavy (non-hydrogen) atoms. The molecular weight excluding hydrogens is 254 g/mol. The number of nitrogens with two attached hydrogens (primary N) is 1. The third kappa shape index (κ3) is 1.89. The molecule has 3 rings (SSSR count). The fourth-order valence-corrected chi connectivity index (χ4v) is 2.20. The quantitative estimate of drug-likeness (QED) is 0.790. The number of benzene rings is 2. The van der Waals surface area contributed by atoms with Gasteiger partial charge < -0.3 is 10.5 Å². The molecule has 5 nitrogen and oxygen atoms in total. The zero-order valence-electron chi connectivity index (χ0n) is 10.9. The number of carbonyl (C=O) groups is 1. The van der Waals surface area contributed by atoms with E-state index in [0.29, 0.717) is 11.1 Å². The van der Waals surface area contributed by atoms with Gasteiger partial charge in [0.05, 0.1) is 23.9 Å². The maximum atomic E-state index is 11.4. The molecule has 0 saturated heterocycles. The van der Waals surface area contributed by atoms with Crippen molar-refractivity contribution in [2.75, 3.05) is 7.11 Å². The van der Waals surface area contributed by atoms with Crippen molar-refractivity contribution in [3.05, 3.63) is 54.4 Å². The van der Waals surface area contributed by atoms with Gasteiger partial charge in [-0.15, -0.1) is 0 Å². The molecule has 3 aromatic rings. The second-order valence-electron chi connectivity index (χ2n) is 4.35. The van der Waals surface area contributed by atoms with Crippen molar-refractivity contribution < 1.29 is 9.53 Å². The lowest BCUT2D eigenvalue weighted by molar-refractivity contribution is 0.100. The van der Waals surface area contributed by atoms with Crippen LogP contribution in [0.3, 0.4) is 0 Å². The fraction of sp³-hybridized carbons (Fsp3) is 0.0667. The summed E-state index contributed by atoms with van der Waals surface area (Å²) in [6.45, 7) is 0. The molecule has 0 spiro atoms. The van der Waals surface area contributed by atoms with Gasteiger partial charge in [-0.05, 0) is 24.3 Å². The molecular formula is C15H13N3O2. The van der Waals surface area contributed by atoms with Gasteiger partial charge in [0.25, 0.3) is 5.91 Å². The number of methoxy groups -OCH3 is 1. The van der Waals surface area contributed by atoms with Crippen molar-refractivity contribution in [2.24, 2.45) is 5.73 Å². The van der Waals surface area contributed by atoms with Crippen LogP contribution in [0, 0.1) is 0 Å². The summed E-state index contributed by atoms with van der Waals surface area (Å²) in [4.78, 5) is 15.7. The van der Waals surface area contributed by atoms with Crippen molar-refractivity contribution in [3.63, 3.8) is 0 Å². The number of nitrogens with zero attached hydrogens (tertiary/aromatic N) is 2. The zero-order chi connectivity index (χ0) is 14.1. The minimum atomic E-state index is -0.480. The first-order valence-corrected chi connectivity index (χ1v) is 6.11. The molecule has 0 unspecified atom stereocenters. The Balaban J connectivity index is 2.22. The Kier molecular flexibility index (Phi) is 2.87. The van der Waals surface area contributed by atoms with Crippen LogP contribution in [0.5, 0.6) is 5.75 Å². The number of aromatic nitrogens is 2. The lowest BCUT2D eigenvalue weighted by Gasteiger charge is -2.06. The lowest BCUT2D eigenvalue weighted by atomic mass is 10.1. The first-order chi connectivity index (χ1) is 9.70. The number of rotatable bonds is 3. The van der Waals surface area contributed by atoms with Gasteiger partial charge in [-0.25, -0.2) is 4.98 Å². The highest BCUT2D eigenvalue weighted by Crippen LogP contribution is 2.23. The first kappa shape index (κ1) is 12.2. The number of amides is 1. The summed E-state index contributed by atoms with van der Waals surface area (Å²) in [6.07, 6.45) is 1.67. The largest absolute Gasteiger partial charge is 0.497 e. The number of primary amides is 1. The van der Waals surface area contributed by atoms with Crippen LogP contribution >= 0.6 is 0 Å². The van der Waals surface area contributed by atoms with Crippen LogP contribution in [0.1, 0.15) is 10.4 Å². The minimum Gasteiger partial charge on any atom is -0.497 e. The van der Waals surface area contributed by atoms with Crippen LogP contribution in [0.4, 0.5) is 0 Å². The van der Waals surface area contributed by atoms with Crippen LogP contribution < -0.4 is 10.5 Å². The van der Waals surface area contributed by atoms with E-state index in [9.17, 15) is 4.79 Å². The molecule has 2 N–H and O–H groups in total. The van der Waals surface area contributed by atoms with Gasteiger partial charge in [0.1, 0.15) is 17.6 Å². The van der Waals surface area contributed by atoms with E-state index in [1.165, 1.54) is 0 Å². The molecule has 0 bridgehead atoms. The van der Waals surface area contributed by atoms with Gasteiger partial charge >= 0.3 is 0 Å². The first-order valence-electron chi connectivity index (χ1n) is 6.11. The van der Waals surface area contributed by atoms with E-state index in [1.54, 1.807) is 25.6 Å². The molecule has 0 aliphatic rings. The zero-order valence-corrected chi connectivity index (χ0v) is 10.9. The molecule has 0 fully saturated rings. The summed E-state index contributed by atoms with van der Waals surface area (Å²) >= 11 is 0. The number of hydrogen-bond acceptors (Lipinski definition) is 3. The van der Waals surface area contributed by atoms with E-state index < -0.39 is 5.91 Å². The number of para-hydroxylation sites is 1. The molecule has 5 heteroatoms. The smallest absolute Gasteiger partial charge is 0.250 e. The van der Waals surface area contributed by atoms with Crippen molar-refractivity contribution in [1.29, 1.82) is 0 Å². The summed E-state index contributed by atoms with van der Waals surface area (Å²) in [5, 5.41) is 0. The molecule has 2 aromatic carbocycles. The highest BCUT2D eigenvalue weighted by atomic mass is 16.5. The van der Waals surface area contributed by atoms with Gasteiger partial charge in [0, 0.05) is 6.07 Å². The van der Waals surface area contributed by atoms with Crippen LogP contribution in [-0.4, -0.2) is 22.6 Å². The Bertz CT molecular complexity index is 793. The topological polar surface area (TPSA) is 70.1 Å². The summed E-state index contributed by atoms with van der Waals surface area (Å²) in [7, 11) is 1.62. The molecule has 0 aliphatic heterocycles. The van der Waals surface area contributed by atoms with E-state index >= 15 is 0 Å². The average molecular weight is 267 g/mol. The normalized spacial score (nSPS) is 10.7. The van der Waals surface area contributed by atoms with E-state index in [1.807, 2.05) is 34.9 Å². The summed E-state index contributed by atoms with van der Waals surface area (Å²) in [6, 6.07) is 13.0. The lowest BCUT2D eigenvalue weighted by Crippen LogP contribution is -2.11. The van der Waals surface area contributed by atoms with Gasteiger partial charge in [0.15, 0.2) is 0 Å². The van der Waals surface area contributed by atoms with Crippen LogP contribution in [0.25, 0.3) is 16.7 Å². The maximum absolute atomic E-state index is 11.4. The summed E-state index contributed by atoms with van der Waals surface area (Å²) in [5.41, 5.74) is 8.12. The van der Waals surface area contributed by atoms with Crippen molar-refractivity contribution in [3.8, 4) is 11.4 Å². The second-order valence-corrected chi connectivity index (χ2v) is 4.35. The Morgan fingerprint density at radius 1 is 1.25 bits per heavy atom. The summed E-state index contributed by atoms with van der Waals surface area (Å²) in [5.74, 6) is 0.280. The van der Waals surface area contributed by atoms with Gasteiger partial charge in [0.2, 0.25) is 0 Å². The minimum absolute atomic E-state index is 0.421. The predicted molar refractivity (Wildman–Crippen MR) is 76.1 cm³/mol. The second kappa shape index (κ2) is 4.70. The molecule has 1 heterocycles. The predicted octanol–water partition coefficient (Wildman–Crippen LogP) is 2.13. The van der Waals surface area contributed by atoms with E-state index in [0.717, 1.165) is 17.0 Å². The fourth-order valence-electron chi connectivity index (χ4n) is 2.20. The number of imidazole rings is 1. The third-order valence-corrected chi connectivity index (χ3v) is 3.17.